The second kappa shape index (κ2) is 12.2. The lowest BCUT2D eigenvalue weighted by Gasteiger charge is -2.32. The maximum Gasteiger partial charge on any atom is 0.338 e. The van der Waals surface area contributed by atoms with Crippen LogP contribution in [0.3, 0.4) is 0 Å². The Morgan fingerprint density at radius 1 is 0.727 bits per heavy atom. The normalized spacial score (nSPS) is 14.3. The molecule has 0 amide bonds. The smallest absolute Gasteiger partial charge is 0.338 e. The number of ether oxygens (including phenoxy) is 3. The summed E-state index contributed by atoms with van der Waals surface area (Å²) in [5, 5.41) is 0. The molecule has 1 aliphatic carbocycles. The maximum atomic E-state index is 12.6. The summed E-state index contributed by atoms with van der Waals surface area (Å²) >= 11 is 0. The van der Waals surface area contributed by atoms with Gasteiger partial charge in [0.05, 0.1) is 22.5 Å². The molecule has 176 valence electrons. The number of hydrogen-bond acceptors (Lipinski definition) is 6. The maximum absolute atomic E-state index is 12.6. The summed E-state index contributed by atoms with van der Waals surface area (Å²) in [6.07, 6.45) is 5.38. The molecule has 2 aromatic rings. The largest absolute Gasteiger partial charge is 0.465 e. The van der Waals surface area contributed by atoms with E-state index in [0.29, 0.717) is 17.5 Å². The Labute approximate surface area is 195 Å². The zero-order chi connectivity index (χ0) is 23.5. The van der Waals surface area contributed by atoms with Crippen molar-refractivity contribution in [3.63, 3.8) is 0 Å². The summed E-state index contributed by atoms with van der Waals surface area (Å²) in [6.45, 7) is 1.86. The fourth-order valence-corrected chi connectivity index (χ4v) is 3.86. The monoisotopic (exact) mass is 452 g/mol. The van der Waals surface area contributed by atoms with Crippen LogP contribution in [-0.2, 0) is 19.0 Å². The molecule has 0 spiro atoms. The van der Waals surface area contributed by atoms with Gasteiger partial charge in [-0.05, 0) is 43.5 Å². The molecule has 3 rings (SSSR count). The summed E-state index contributed by atoms with van der Waals surface area (Å²) in [5.74, 6) is -1.26. The highest BCUT2D eigenvalue weighted by atomic mass is 16.6. The SMILES string of the molecule is CCC(COC(=O)c1ccccc1)(COC(=O)c1ccccc1)COC(=O)C1CCCCC1. The quantitative estimate of drug-likeness (QED) is 0.363. The van der Waals surface area contributed by atoms with E-state index in [1.165, 1.54) is 0 Å². The van der Waals surface area contributed by atoms with Crippen LogP contribution in [0.2, 0.25) is 0 Å². The van der Waals surface area contributed by atoms with E-state index in [-0.39, 0.29) is 31.7 Å². The van der Waals surface area contributed by atoms with Crippen LogP contribution in [0.5, 0.6) is 0 Å². The highest BCUT2D eigenvalue weighted by Crippen LogP contribution is 2.28. The van der Waals surface area contributed by atoms with E-state index in [1.54, 1.807) is 48.5 Å². The topological polar surface area (TPSA) is 78.9 Å². The molecule has 0 unspecified atom stereocenters. The lowest BCUT2D eigenvalue weighted by atomic mass is 9.87. The minimum atomic E-state index is -0.834. The van der Waals surface area contributed by atoms with E-state index >= 15 is 0 Å². The molecule has 1 saturated carbocycles. The van der Waals surface area contributed by atoms with Crippen molar-refractivity contribution >= 4 is 17.9 Å². The lowest BCUT2D eigenvalue weighted by molar-refractivity contribution is -0.155. The summed E-state index contributed by atoms with van der Waals surface area (Å²) in [6, 6.07) is 17.4. The predicted octanol–water partition coefficient (Wildman–Crippen LogP) is 5.22. The third-order valence-corrected chi connectivity index (χ3v) is 6.25. The number of esters is 3. The molecule has 0 aromatic heterocycles. The first-order chi connectivity index (χ1) is 16.0. The Morgan fingerprint density at radius 3 is 1.64 bits per heavy atom. The van der Waals surface area contributed by atoms with Gasteiger partial charge in [0.15, 0.2) is 0 Å². The lowest BCUT2D eigenvalue weighted by Crippen LogP contribution is -2.40. The van der Waals surface area contributed by atoms with Crippen LogP contribution < -0.4 is 0 Å². The van der Waals surface area contributed by atoms with Gasteiger partial charge in [0, 0.05) is 0 Å². The zero-order valence-electron chi connectivity index (χ0n) is 19.2. The second-order valence-electron chi connectivity index (χ2n) is 8.68. The summed E-state index contributed by atoms with van der Waals surface area (Å²) in [7, 11) is 0. The van der Waals surface area contributed by atoms with Crippen LogP contribution >= 0.6 is 0 Å². The summed E-state index contributed by atoms with van der Waals surface area (Å²) in [4.78, 5) is 37.7. The number of rotatable bonds is 10. The standard InChI is InChI=1S/C27H32O6/c1-2-27(18-31-24(28)21-12-6-3-7-13-21,19-32-25(29)22-14-8-4-9-15-22)20-33-26(30)23-16-10-5-11-17-23/h3-4,6-9,12-15,23H,2,5,10-11,16-20H2,1H3. The van der Waals surface area contributed by atoms with Gasteiger partial charge in [0.2, 0.25) is 0 Å². The van der Waals surface area contributed by atoms with Gasteiger partial charge < -0.3 is 14.2 Å². The Morgan fingerprint density at radius 2 is 1.18 bits per heavy atom. The van der Waals surface area contributed by atoms with Crippen LogP contribution in [0.4, 0.5) is 0 Å². The molecule has 0 saturated heterocycles. The molecule has 0 atom stereocenters. The molecule has 1 fully saturated rings. The minimum Gasteiger partial charge on any atom is -0.465 e. The number of hydrogen-bond donors (Lipinski definition) is 0. The van der Waals surface area contributed by atoms with Crippen LogP contribution in [0.15, 0.2) is 60.7 Å². The number of carbonyl (C=O) groups excluding carboxylic acids is 3. The second-order valence-corrected chi connectivity index (χ2v) is 8.68. The van der Waals surface area contributed by atoms with E-state index in [9.17, 15) is 14.4 Å². The van der Waals surface area contributed by atoms with Gasteiger partial charge >= 0.3 is 17.9 Å². The average molecular weight is 453 g/mol. The van der Waals surface area contributed by atoms with Crippen molar-refractivity contribution in [1.29, 1.82) is 0 Å². The number of carbonyl (C=O) groups is 3. The molecule has 6 heteroatoms. The average Bonchev–Trinajstić information content (AvgIpc) is 2.89. The van der Waals surface area contributed by atoms with E-state index in [4.69, 9.17) is 14.2 Å². The molecule has 2 aromatic carbocycles. The molecular weight excluding hydrogens is 420 g/mol. The third kappa shape index (κ3) is 7.17. The first-order valence-electron chi connectivity index (χ1n) is 11.6. The molecule has 6 nitrogen and oxygen atoms in total. The third-order valence-electron chi connectivity index (χ3n) is 6.25. The van der Waals surface area contributed by atoms with Crippen LogP contribution in [0, 0.1) is 11.3 Å². The van der Waals surface area contributed by atoms with Crippen molar-refractivity contribution in [2.45, 2.75) is 45.4 Å². The Bertz CT molecular complexity index is 847. The first-order valence-corrected chi connectivity index (χ1v) is 11.6. The molecule has 0 heterocycles. The van der Waals surface area contributed by atoms with Crippen LogP contribution in [0.1, 0.15) is 66.2 Å². The Kier molecular flexibility index (Phi) is 9.04. The molecule has 0 aliphatic heterocycles. The molecule has 0 radical (unpaired) electrons. The Hall–Kier alpha value is -3.15. The van der Waals surface area contributed by atoms with Crippen molar-refractivity contribution in [1.82, 2.24) is 0 Å². The first kappa shape index (κ1) is 24.5. The van der Waals surface area contributed by atoms with Gasteiger partial charge in [-0.1, -0.05) is 62.6 Å². The van der Waals surface area contributed by atoms with Crippen LogP contribution in [-0.4, -0.2) is 37.7 Å². The van der Waals surface area contributed by atoms with E-state index in [0.717, 1.165) is 32.1 Å². The molecular formula is C27H32O6. The number of benzene rings is 2. The van der Waals surface area contributed by atoms with E-state index < -0.39 is 17.4 Å². The fraction of sp³-hybridized carbons (Fsp3) is 0.444. The minimum absolute atomic E-state index is 0.0168. The van der Waals surface area contributed by atoms with Crippen LogP contribution in [0.25, 0.3) is 0 Å². The van der Waals surface area contributed by atoms with Crippen molar-refractivity contribution in [3.8, 4) is 0 Å². The summed E-state index contributed by atoms with van der Waals surface area (Å²) in [5.41, 5.74) is 0.0325. The van der Waals surface area contributed by atoms with Crippen molar-refractivity contribution in [3.05, 3.63) is 71.8 Å². The summed E-state index contributed by atoms with van der Waals surface area (Å²) < 4.78 is 16.8. The molecule has 0 N–H and O–H groups in total. The van der Waals surface area contributed by atoms with Crippen molar-refractivity contribution in [2.75, 3.05) is 19.8 Å². The van der Waals surface area contributed by atoms with Crippen molar-refractivity contribution in [2.24, 2.45) is 11.3 Å². The van der Waals surface area contributed by atoms with Crippen molar-refractivity contribution < 1.29 is 28.6 Å². The van der Waals surface area contributed by atoms with E-state index in [1.807, 2.05) is 19.1 Å². The van der Waals surface area contributed by atoms with E-state index in [2.05, 4.69) is 0 Å². The highest BCUT2D eigenvalue weighted by molar-refractivity contribution is 5.89. The fourth-order valence-electron chi connectivity index (χ4n) is 3.86. The van der Waals surface area contributed by atoms with Gasteiger partial charge in [0.25, 0.3) is 0 Å². The van der Waals surface area contributed by atoms with Gasteiger partial charge in [-0.2, -0.15) is 0 Å². The molecule has 1 aliphatic rings. The highest BCUT2D eigenvalue weighted by Gasteiger charge is 2.35. The molecule has 33 heavy (non-hydrogen) atoms. The Balaban J connectivity index is 1.67. The van der Waals surface area contributed by atoms with Gasteiger partial charge in [0.1, 0.15) is 19.8 Å². The molecule has 0 bridgehead atoms. The van der Waals surface area contributed by atoms with Gasteiger partial charge in [-0.25, -0.2) is 9.59 Å². The predicted molar refractivity (Wildman–Crippen MR) is 124 cm³/mol. The van der Waals surface area contributed by atoms with Gasteiger partial charge in [-0.15, -0.1) is 0 Å². The zero-order valence-corrected chi connectivity index (χ0v) is 19.2. The van der Waals surface area contributed by atoms with Gasteiger partial charge in [-0.3, -0.25) is 4.79 Å².